The molecule has 2 aliphatic rings. The van der Waals surface area contributed by atoms with Crippen molar-refractivity contribution in [1.29, 1.82) is 0 Å². The van der Waals surface area contributed by atoms with Crippen LogP contribution in [0.5, 0.6) is 5.75 Å². The molecule has 21 heavy (non-hydrogen) atoms. The first-order chi connectivity index (χ1) is 9.87. The summed E-state index contributed by atoms with van der Waals surface area (Å²) in [7, 11) is -3.54. The summed E-state index contributed by atoms with van der Waals surface area (Å²) in [6.07, 6.45) is 1.64. The standard InChI is InChI=1S/C14H18N2O4S/c1-9-8-16(10(2)17)13-7-12(5-6-14(13)20-9)21(18,19)15-11-3-4-11/h5-7,9,11,15H,3-4,8H2,1-2H3. The quantitative estimate of drug-likeness (QED) is 0.912. The lowest BCUT2D eigenvalue weighted by atomic mass is 10.2. The Morgan fingerprint density at radius 2 is 2.10 bits per heavy atom. The maximum absolute atomic E-state index is 12.3. The van der Waals surface area contributed by atoms with Gasteiger partial charge in [-0.25, -0.2) is 13.1 Å². The second-order valence-corrected chi connectivity index (χ2v) is 7.30. The maximum atomic E-state index is 12.3. The van der Waals surface area contributed by atoms with E-state index in [0.29, 0.717) is 18.0 Å². The van der Waals surface area contributed by atoms with Gasteiger partial charge in [0, 0.05) is 13.0 Å². The van der Waals surface area contributed by atoms with E-state index in [-0.39, 0.29) is 22.9 Å². The van der Waals surface area contributed by atoms with Crippen molar-refractivity contribution in [3.05, 3.63) is 18.2 Å². The third-order valence-electron chi connectivity index (χ3n) is 3.58. The van der Waals surface area contributed by atoms with Gasteiger partial charge >= 0.3 is 0 Å². The number of hydrogen-bond acceptors (Lipinski definition) is 4. The van der Waals surface area contributed by atoms with Crippen molar-refractivity contribution in [1.82, 2.24) is 4.72 Å². The van der Waals surface area contributed by atoms with Crippen LogP contribution in [0, 0.1) is 0 Å². The lowest BCUT2D eigenvalue weighted by Gasteiger charge is -2.33. The molecule has 3 rings (SSSR count). The second-order valence-electron chi connectivity index (χ2n) is 5.58. The SMILES string of the molecule is CC(=O)N1CC(C)Oc2ccc(S(=O)(=O)NC3CC3)cc21. The summed E-state index contributed by atoms with van der Waals surface area (Å²) in [5.74, 6) is 0.408. The molecular formula is C14H18N2O4S. The average molecular weight is 310 g/mol. The smallest absolute Gasteiger partial charge is 0.240 e. The number of anilines is 1. The first-order valence-corrected chi connectivity index (χ1v) is 8.46. The highest BCUT2D eigenvalue weighted by atomic mass is 32.2. The first kappa shape index (κ1) is 14.3. The molecule has 0 spiro atoms. The number of sulfonamides is 1. The van der Waals surface area contributed by atoms with Gasteiger partial charge in [-0.3, -0.25) is 4.79 Å². The molecule has 0 bridgehead atoms. The van der Waals surface area contributed by atoms with Crippen LogP contribution in [0.3, 0.4) is 0 Å². The van der Waals surface area contributed by atoms with E-state index in [1.54, 1.807) is 11.0 Å². The third-order valence-corrected chi connectivity index (χ3v) is 5.10. The van der Waals surface area contributed by atoms with Crippen LogP contribution in [0.15, 0.2) is 23.1 Å². The number of amides is 1. The highest BCUT2D eigenvalue weighted by molar-refractivity contribution is 7.89. The minimum absolute atomic E-state index is 0.0474. The molecule has 1 atom stereocenters. The highest BCUT2D eigenvalue weighted by Gasteiger charge is 2.31. The lowest BCUT2D eigenvalue weighted by Crippen LogP contribution is -2.41. The Labute approximate surface area is 124 Å². The molecule has 114 valence electrons. The average Bonchev–Trinajstić information content (AvgIpc) is 3.20. The summed E-state index contributed by atoms with van der Waals surface area (Å²) in [5, 5.41) is 0. The van der Waals surface area contributed by atoms with Crippen molar-refractivity contribution in [2.75, 3.05) is 11.4 Å². The van der Waals surface area contributed by atoms with Crippen LogP contribution in [0.4, 0.5) is 5.69 Å². The number of fused-ring (bicyclic) bond motifs is 1. The molecule has 1 amide bonds. The van der Waals surface area contributed by atoms with Gasteiger partial charge in [0.15, 0.2) is 0 Å². The van der Waals surface area contributed by atoms with Gasteiger partial charge in [-0.2, -0.15) is 0 Å². The number of nitrogens with zero attached hydrogens (tertiary/aromatic N) is 1. The molecule has 1 aromatic rings. The van der Waals surface area contributed by atoms with Crippen molar-refractivity contribution in [3.8, 4) is 5.75 Å². The molecule has 1 fully saturated rings. The van der Waals surface area contributed by atoms with Gasteiger partial charge < -0.3 is 9.64 Å². The van der Waals surface area contributed by atoms with E-state index in [9.17, 15) is 13.2 Å². The number of ether oxygens (including phenoxy) is 1. The molecule has 6 nitrogen and oxygen atoms in total. The molecule has 0 aromatic heterocycles. The number of carbonyl (C=O) groups excluding carboxylic acids is 1. The van der Waals surface area contributed by atoms with E-state index in [1.165, 1.54) is 19.1 Å². The zero-order chi connectivity index (χ0) is 15.2. The molecule has 1 N–H and O–H groups in total. The molecule has 1 unspecified atom stereocenters. The maximum Gasteiger partial charge on any atom is 0.240 e. The number of hydrogen-bond donors (Lipinski definition) is 1. The van der Waals surface area contributed by atoms with Gasteiger partial charge in [0.1, 0.15) is 11.9 Å². The van der Waals surface area contributed by atoms with Gasteiger partial charge in [-0.05, 0) is 38.0 Å². The molecule has 1 heterocycles. The van der Waals surface area contributed by atoms with E-state index in [4.69, 9.17) is 4.74 Å². The summed E-state index contributed by atoms with van der Waals surface area (Å²) in [6.45, 7) is 3.76. The zero-order valence-corrected chi connectivity index (χ0v) is 12.8. The van der Waals surface area contributed by atoms with Crippen LogP contribution >= 0.6 is 0 Å². The highest BCUT2D eigenvalue weighted by Crippen LogP contribution is 2.35. The van der Waals surface area contributed by atoms with E-state index < -0.39 is 10.0 Å². The Balaban J connectivity index is 1.99. The minimum atomic E-state index is -3.54. The summed E-state index contributed by atoms with van der Waals surface area (Å²) in [5.41, 5.74) is 0.513. The monoisotopic (exact) mass is 310 g/mol. The summed E-state index contributed by atoms with van der Waals surface area (Å²) in [4.78, 5) is 13.5. The van der Waals surface area contributed by atoms with E-state index in [1.807, 2.05) is 6.92 Å². The Hall–Kier alpha value is -1.60. The van der Waals surface area contributed by atoms with Gasteiger partial charge in [-0.15, -0.1) is 0 Å². The fourth-order valence-electron chi connectivity index (χ4n) is 2.37. The van der Waals surface area contributed by atoms with Gasteiger partial charge in [-0.1, -0.05) is 0 Å². The molecule has 1 aromatic carbocycles. The fraction of sp³-hybridized carbons (Fsp3) is 0.500. The van der Waals surface area contributed by atoms with Crippen LogP contribution in [0.25, 0.3) is 0 Å². The molecule has 1 aliphatic carbocycles. The number of rotatable bonds is 3. The number of benzene rings is 1. The lowest BCUT2D eigenvalue weighted by molar-refractivity contribution is -0.117. The van der Waals surface area contributed by atoms with Crippen molar-refractivity contribution in [2.24, 2.45) is 0 Å². The van der Waals surface area contributed by atoms with Gasteiger partial charge in [0.2, 0.25) is 15.9 Å². The first-order valence-electron chi connectivity index (χ1n) is 6.98. The van der Waals surface area contributed by atoms with Crippen molar-refractivity contribution < 1.29 is 17.9 Å². The predicted octanol–water partition coefficient (Wildman–Crippen LogP) is 1.26. The molecule has 0 radical (unpaired) electrons. The Morgan fingerprint density at radius 3 is 2.71 bits per heavy atom. The summed E-state index contributed by atoms with van der Waals surface area (Å²) < 4.78 is 32.8. The van der Waals surface area contributed by atoms with Gasteiger partial charge in [0.25, 0.3) is 0 Å². The number of nitrogens with one attached hydrogen (secondary N) is 1. The van der Waals surface area contributed by atoms with Crippen LogP contribution in [0.2, 0.25) is 0 Å². The Morgan fingerprint density at radius 1 is 1.38 bits per heavy atom. The molecule has 1 aliphatic heterocycles. The topological polar surface area (TPSA) is 75.7 Å². The van der Waals surface area contributed by atoms with E-state index in [2.05, 4.69) is 4.72 Å². The molecule has 0 saturated heterocycles. The van der Waals surface area contributed by atoms with Crippen LogP contribution < -0.4 is 14.4 Å². The molecular weight excluding hydrogens is 292 g/mol. The third kappa shape index (κ3) is 2.89. The van der Waals surface area contributed by atoms with Crippen molar-refractivity contribution in [2.45, 2.75) is 43.7 Å². The molecule has 7 heteroatoms. The summed E-state index contributed by atoms with van der Waals surface area (Å²) >= 11 is 0. The van der Waals surface area contributed by atoms with Crippen molar-refractivity contribution >= 4 is 21.6 Å². The van der Waals surface area contributed by atoms with Crippen LogP contribution in [0.1, 0.15) is 26.7 Å². The Bertz CT molecular complexity index is 682. The number of carbonyl (C=O) groups is 1. The Kier molecular flexibility index (Phi) is 3.41. The largest absolute Gasteiger partial charge is 0.487 e. The van der Waals surface area contributed by atoms with E-state index >= 15 is 0 Å². The van der Waals surface area contributed by atoms with Crippen LogP contribution in [-0.4, -0.2) is 33.0 Å². The second kappa shape index (κ2) is 4.99. The summed E-state index contributed by atoms with van der Waals surface area (Å²) in [6, 6.07) is 4.68. The fourth-order valence-corrected chi connectivity index (χ4v) is 3.70. The predicted molar refractivity (Wildman–Crippen MR) is 77.9 cm³/mol. The zero-order valence-electron chi connectivity index (χ0n) is 12.0. The molecule has 1 saturated carbocycles. The van der Waals surface area contributed by atoms with Crippen LogP contribution in [-0.2, 0) is 14.8 Å². The van der Waals surface area contributed by atoms with Crippen molar-refractivity contribution in [3.63, 3.8) is 0 Å². The normalized spacial score (nSPS) is 21.6. The van der Waals surface area contributed by atoms with E-state index in [0.717, 1.165) is 12.8 Å². The minimum Gasteiger partial charge on any atom is -0.487 e. The van der Waals surface area contributed by atoms with Gasteiger partial charge in [0.05, 0.1) is 17.1 Å².